The third kappa shape index (κ3) is 5.26. The van der Waals surface area contributed by atoms with Crippen LogP contribution >= 0.6 is 15.9 Å². The lowest BCUT2D eigenvalue weighted by Crippen LogP contribution is -2.28. The topological polar surface area (TPSA) is 77.2 Å². The Morgan fingerprint density at radius 2 is 1.85 bits per heavy atom. The number of benzene rings is 3. The van der Waals surface area contributed by atoms with Crippen molar-refractivity contribution in [3.8, 4) is 5.75 Å². The monoisotopic (exact) mass is 587 g/mol. The highest BCUT2D eigenvalue weighted by Crippen LogP contribution is 2.39. The Morgan fingerprint density at radius 3 is 2.69 bits per heavy atom. The first-order valence-electron chi connectivity index (χ1n) is 13.1. The van der Waals surface area contributed by atoms with Gasteiger partial charge in [-0.25, -0.2) is 14.4 Å². The highest BCUT2D eigenvalue weighted by Gasteiger charge is 2.35. The number of nitrogens with zero attached hydrogens (tertiary/aromatic N) is 3. The molecule has 0 aliphatic heterocycles. The van der Waals surface area contributed by atoms with Crippen LogP contribution in [0.25, 0.3) is 21.9 Å². The lowest BCUT2D eigenvalue weighted by Gasteiger charge is -2.28. The summed E-state index contributed by atoms with van der Waals surface area (Å²) in [5, 5.41) is 11.0. The number of fused-ring (bicyclic) bond motifs is 2. The molecule has 6 rings (SSSR count). The molecular formula is C31H27BrFN3O3. The average Bonchev–Trinajstić information content (AvgIpc) is 3.30. The molecule has 2 atom stereocenters. The second-order valence-corrected chi connectivity index (χ2v) is 11.0. The highest BCUT2D eigenvalue weighted by molar-refractivity contribution is 9.10. The molecule has 8 heteroatoms. The van der Waals surface area contributed by atoms with Crippen molar-refractivity contribution in [3.05, 3.63) is 100 Å². The zero-order valence-corrected chi connectivity index (χ0v) is 22.8. The molecule has 39 heavy (non-hydrogen) atoms. The van der Waals surface area contributed by atoms with Crippen molar-refractivity contribution >= 4 is 43.8 Å². The molecule has 1 aliphatic rings. The van der Waals surface area contributed by atoms with Gasteiger partial charge in [0.2, 0.25) is 0 Å². The third-order valence-corrected chi connectivity index (χ3v) is 8.04. The van der Waals surface area contributed by atoms with Crippen LogP contribution in [0, 0.1) is 11.7 Å². The third-order valence-electron chi connectivity index (χ3n) is 7.55. The molecule has 1 N–H and O–H groups in total. The van der Waals surface area contributed by atoms with E-state index >= 15 is 0 Å². The molecule has 0 bridgehead atoms. The molecule has 1 aliphatic carbocycles. The Kier molecular flexibility index (Phi) is 7.04. The lowest BCUT2D eigenvalue weighted by atomic mass is 9.78. The minimum absolute atomic E-state index is 0.242. The second kappa shape index (κ2) is 10.8. The van der Waals surface area contributed by atoms with Gasteiger partial charge in [-0.15, -0.1) is 0 Å². The van der Waals surface area contributed by atoms with Gasteiger partial charge in [-0.05, 0) is 49.2 Å². The minimum Gasteiger partial charge on any atom is -0.487 e. The summed E-state index contributed by atoms with van der Waals surface area (Å²) >= 11 is 3.32. The number of carbonyl (C=O) groups is 1. The first-order chi connectivity index (χ1) is 19.0. The van der Waals surface area contributed by atoms with E-state index in [0.29, 0.717) is 40.2 Å². The smallest absolute Gasteiger partial charge is 0.307 e. The summed E-state index contributed by atoms with van der Waals surface area (Å²) in [6.45, 7) is 0.562. The maximum atomic E-state index is 14.9. The molecule has 5 aromatic rings. The quantitative estimate of drug-likeness (QED) is 0.214. The van der Waals surface area contributed by atoms with Gasteiger partial charge in [0, 0.05) is 27.4 Å². The lowest BCUT2D eigenvalue weighted by molar-refractivity contribution is -0.143. The molecule has 0 unspecified atom stereocenters. The van der Waals surface area contributed by atoms with E-state index < -0.39 is 11.9 Å². The maximum Gasteiger partial charge on any atom is 0.307 e. The first-order valence-corrected chi connectivity index (χ1v) is 13.9. The summed E-state index contributed by atoms with van der Waals surface area (Å²) in [5.74, 6) is -0.555. The summed E-state index contributed by atoms with van der Waals surface area (Å²) in [6.07, 6.45) is 3.18. The Labute approximate surface area is 233 Å². The number of aromatic nitrogens is 3. The van der Waals surface area contributed by atoms with Crippen LogP contribution in [0.4, 0.5) is 4.39 Å². The zero-order chi connectivity index (χ0) is 26.9. The number of carboxylic acids is 1. The van der Waals surface area contributed by atoms with Gasteiger partial charge in [-0.2, -0.15) is 0 Å². The predicted molar refractivity (Wildman–Crippen MR) is 151 cm³/mol. The van der Waals surface area contributed by atoms with Crippen LogP contribution in [0.15, 0.2) is 77.3 Å². The summed E-state index contributed by atoms with van der Waals surface area (Å²) in [7, 11) is 0. The fourth-order valence-electron chi connectivity index (χ4n) is 5.57. The second-order valence-electron chi connectivity index (χ2n) is 10.1. The normalized spacial score (nSPS) is 17.5. The van der Waals surface area contributed by atoms with Crippen molar-refractivity contribution in [2.75, 3.05) is 0 Å². The Bertz CT molecular complexity index is 1690. The summed E-state index contributed by atoms with van der Waals surface area (Å²) < 4.78 is 23.6. The molecule has 198 valence electrons. The number of pyridine rings is 1. The Hall–Kier alpha value is -3.78. The fourth-order valence-corrected chi connectivity index (χ4v) is 5.90. The highest BCUT2D eigenvalue weighted by atomic mass is 79.9. The molecule has 1 saturated carbocycles. The fraction of sp³-hybridized carbons (Fsp3) is 0.258. The van der Waals surface area contributed by atoms with Gasteiger partial charge in [0.05, 0.1) is 34.7 Å². The van der Waals surface area contributed by atoms with E-state index in [4.69, 9.17) is 9.72 Å². The van der Waals surface area contributed by atoms with Crippen LogP contribution < -0.4 is 4.74 Å². The molecule has 0 spiro atoms. The number of hydrogen-bond donors (Lipinski definition) is 1. The van der Waals surface area contributed by atoms with Gasteiger partial charge >= 0.3 is 5.97 Å². The summed E-state index contributed by atoms with van der Waals surface area (Å²) in [5.41, 5.74) is 3.76. The van der Waals surface area contributed by atoms with Crippen molar-refractivity contribution in [2.45, 2.75) is 44.8 Å². The number of imidazole rings is 1. The van der Waals surface area contributed by atoms with Gasteiger partial charge in [0.1, 0.15) is 24.0 Å². The molecule has 1 fully saturated rings. The van der Waals surface area contributed by atoms with Crippen molar-refractivity contribution < 1.29 is 19.0 Å². The van der Waals surface area contributed by atoms with Crippen molar-refractivity contribution in [1.82, 2.24) is 14.5 Å². The summed E-state index contributed by atoms with van der Waals surface area (Å²) in [4.78, 5) is 21.8. The Morgan fingerprint density at radius 1 is 1.00 bits per heavy atom. The van der Waals surface area contributed by atoms with Crippen LogP contribution in [0.3, 0.4) is 0 Å². The van der Waals surface area contributed by atoms with E-state index in [-0.39, 0.29) is 18.3 Å². The molecule has 2 heterocycles. The van der Waals surface area contributed by atoms with Gasteiger partial charge in [0.15, 0.2) is 0 Å². The molecule has 6 nitrogen and oxygen atoms in total. The minimum atomic E-state index is -0.806. The maximum absolute atomic E-state index is 14.9. The number of aliphatic carboxylic acids is 1. The van der Waals surface area contributed by atoms with Crippen molar-refractivity contribution in [1.29, 1.82) is 0 Å². The molecule has 0 amide bonds. The van der Waals surface area contributed by atoms with Crippen LogP contribution in [-0.4, -0.2) is 25.6 Å². The van der Waals surface area contributed by atoms with E-state index in [9.17, 15) is 14.3 Å². The van der Waals surface area contributed by atoms with Crippen LogP contribution in [0.5, 0.6) is 5.75 Å². The van der Waals surface area contributed by atoms with E-state index in [0.717, 1.165) is 41.4 Å². The van der Waals surface area contributed by atoms with Crippen LogP contribution in [0.1, 0.15) is 48.7 Å². The largest absolute Gasteiger partial charge is 0.487 e. The number of para-hydroxylation sites is 1. The number of ether oxygens (including phenoxy) is 1. The van der Waals surface area contributed by atoms with E-state index in [2.05, 4.69) is 20.9 Å². The van der Waals surface area contributed by atoms with Crippen molar-refractivity contribution in [2.24, 2.45) is 5.92 Å². The number of rotatable bonds is 7. The van der Waals surface area contributed by atoms with Gasteiger partial charge < -0.3 is 14.4 Å². The predicted octanol–water partition coefficient (Wildman–Crippen LogP) is 7.47. The van der Waals surface area contributed by atoms with E-state index in [1.165, 1.54) is 6.07 Å². The average molecular weight is 588 g/mol. The first kappa shape index (κ1) is 25.5. The summed E-state index contributed by atoms with van der Waals surface area (Å²) in [6, 6.07) is 22.6. The molecular weight excluding hydrogens is 561 g/mol. The van der Waals surface area contributed by atoms with Crippen molar-refractivity contribution in [3.63, 3.8) is 0 Å². The molecule has 0 radical (unpaired) electrons. The zero-order valence-electron chi connectivity index (χ0n) is 21.2. The van der Waals surface area contributed by atoms with Crippen LogP contribution in [-0.2, 0) is 17.9 Å². The molecule has 3 aromatic carbocycles. The van der Waals surface area contributed by atoms with Gasteiger partial charge in [0.25, 0.3) is 0 Å². The number of hydrogen-bond acceptors (Lipinski definition) is 4. The molecule has 0 saturated heterocycles. The Balaban J connectivity index is 1.35. The van der Waals surface area contributed by atoms with Crippen LogP contribution in [0.2, 0.25) is 0 Å². The number of halogens is 2. The number of carboxylic acid groups (broad SMARTS) is 1. The van der Waals surface area contributed by atoms with Gasteiger partial charge in [-0.3, -0.25) is 4.79 Å². The molecule has 2 aromatic heterocycles. The van der Waals surface area contributed by atoms with E-state index in [1.807, 2.05) is 65.2 Å². The van der Waals surface area contributed by atoms with Gasteiger partial charge in [-0.1, -0.05) is 59.1 Å². The SMILES string of the molecule is O=C(O)[C@@H]1CCCC[C@@H]1c1nc2cc(OCc3ccc4ccccc4n3)ccc2n1Cc1ccc(Br)cc1F. The standard InChI is InChI=1S/C31H27BrFN3O3/c32-21-11-9-20(26(33)15-21)17-36-29-14-13-23(39-18-22-12-10-19-5-1-4-8-27(19)34-22)16-28(29)35-30(36)24-6-2-3-7-25(24)31(37)38/h1,4-5,8-16,24-25H,2-3,6-7,17-18H2,(H,37,38)/t24-,25+/m0/s1. The van der Waals surface area contributed by atoms with E-state index in [1.54, 1.807) is 6.07 Å².